The maximum atomic E-state index is 12.2. The smallest absolute Gasteiger partial charge is 0.328 e. The summed E-state index contributed by atoms with van der Waals surface area (Å²) in [7, 11) is 0. The first-order valence-electron chi connectivity index (χ1n) is 9.20. The summed E-state index contributed by atoms with van der Waals surface area (Å²) in [5.74, 6) is -1.43. The third-order valence-electron chi connectivity index (χ3n) is 4.36. The maximum absolute atomic E-state index is 12.2. The fraction of sp³-hybridized carbons (Fsp3) is 0.182. The SMILES string of the molecule is Cc1cccc(C(=O)N[C@@H](C)C(=O)OC/C(O)=C(\C#N)c2nc3ccccc3[nH]2)c1. The van der Waals surface area contributed by atoms with Crippen LogP contribution in [0.2, 0.25) is 0 Å². The number of aliphatic hydroxyl groups is 1. The topological polar surface area (TPSA) is 128 Å². The van der Waals surface area contributed by atoms with E-state index in [0.717, 1.165) is 5.56 Å². The van der Waals surface area contributed by atoms with Crippen LogP contribution in [0.25, 0.3) is 16.6 Å². The van der Waals surface area contributed by atoms with Crippen LogP contribution in [0.5, 0.6) is 0 Å². The largest absolute Gasteiger partial charge is 0.507 e. The Labute approximate surface area is 172 Å². The molecule has 3 rings (SSSR count). The molecule has 152 valence electrons. The van der Waals surface area contributed by atoms with Crippen LogP contribution < -0.4 is 5.32 Å². The Morgan fingerprint density at radius 1 is 1.27 bits per heavy atom. The molecule has 8 nitrogen and oxygen atoms in total. The van der Waals surface area contributed by atoms with E-state index >= 15 is 0 Å². The van der Waals surface area contributed by atoms with Gasteiger partial charge in [0.25, 0.3) is 5.91 Å². The number of amides is 1. The number of nitrogens with one attached hydrogen (secondary N) is 2. The number of allylic oxidation sites excluding steroid dienone is 1. The number of aryl methyl sites for hydroxylation is 1. The average Bonchev–Trinajstić information content (AvgIpc) is 3.16. The highest BCUT2D eigenvalue weighted by atomic mass is 16.5. The van der Waals surface area contributed by atoms with E-state index in [1.807, 2.05) is 25.1 Å². The molecule has 8 heteroatoms. The summed E-state index contributed by atoms with van der Waals surface area (Å²) in [6.45, 7) is 2.81. The van der Waals surface area contributed by atoms with E-state index < -0.39 is 30.3 Å². The molecular weight excluding hydrogens is 384 g/mol. The zero-order chi connectivity index (χ0) is 21.7. The Bertz CT molecular complexity index is 1140. The van der Waals surface area contributed by atoms with Crippen molar-refractivity contribution >= 4 is 28.5 Å². The van der Waals surface area contributed by atoms with Gasteiger partial charge in [-0.05, 0) is 38.1 Å². The van der Waals surface area contributed by atoms with Gasteiger partial charge in [0, 0.05) is 5.56 Å². The standard InChI is InChI=1S/C22H20N4O4/c1-13-6-5-7-15(10-13)21(28)24-14(2)22(29)30-12-19(27)16(11-23)20-25-17-8-3-4-9-18(17)26-20/h3-10,14,27H,12H2,1-2H3,(H,24,28)(H,25,26)/b19-16-/t14-/m0/s1. The molecule has 0 unspecified atom stereocenters. The number of nitrogens with zero attached hydrogens (tertiary/aromatic N) is 2. The number of fused-ring (bicyclic) bond motifs is 1. The third-order valence-corrected chi connectivity index (χ3v) is 4.36. The Morgan fingerprint density at radius 2 is 2.03 bits per heavy atom. The van der Waals surface area contributed by atoms with Crippen LogP contribution in [0.15, 0.2) is 54.3 Å². The molecule has 0 aliphatic rings. The first-order valence-corrected chi connectivity index (χ1v) is 9.20. The first-order chi connectivity index (χ1) is 14.4. The van der Waals surface area contributed by atoms with E-state index in [9.17, 15) is 20.0 Å². The Balaban J connectivity index is 1.64. The summed E-state index contributed by atoms with van der Waals surface area (Å²) in [6, 6.07) is 15.0. The molecule has 1 atom stereocenters. The summed E-state index contributed by atoms with van der Waals surface area (Å²) < 4.78 is 5.05. The van der Waals surface area contributed by atoms with Crippen molar-refractivity contribution in [2.45, 2.75) is 19.9 Å². The lowest BCUT2D eigenvalue weighted by molar-refractivity contribution is -0.145. The second-order valence-electron chi connectivity index (χ2n) is 6.71. The van der Waals surface area contributed by atoms with E-state index in [0.29, 0.717) is 16.6 Å². The summed E-state index contributed by atoms with van der Waals surface area (Å²) in [6.07, 6.45) is 0. The number of carbonyl (C=O) groups excluding carboxylic acids is 2. The van der Waals surface area contributed by atoms with Crippen LogP contribution in [0.4, 0.5) is 0 Å². The Hall–Kier alpha value is -4.12. The molecule has 1 aromatic heterocycles. The van der Waals surface area contributed by atoms with Crippen molar-refractivity contribution in [3.05, 3.63) is 71.2 Å². The van der Waals surface area contributed by atoms with Gasteiger partial charge in [0.15, 0.2) is 11.6 Å². The van der Waals surface area contributed by atoms with Crippen molar-refractivity contribution in [3.63, 3.8) is 0 Å². The van der Waals surface area contributed by atoms with Crippen molar-refractivity contribution < 1.29 is 19.4 Å². The summed E-state index contributed by atoms with van der Waals surface area (Å²) in [5, 5.41) is 22.2. The lowest BCUT2D eigenvalue weighted by Gasteiger charge is -2.13. The van der Waals surface area contributed by atoms with Gasteiger partial charge in [0.1, 0.15) is 24.3 Å². The molecule has 0 bridgehead atoms. The summed E-state index contributed by atoms with van der Waals surface area (Å²) >= 11 is 0. The summed E-state index contributed by atoms with van der Waals surface area (Å²) in [4.78, 5) is 31.6. The highest BCUT2D eigenvalue weighted by Crippen LogP contribution is 2.18. The fourth-order valence-corrected chi connectivity index (χ4v) is 2.79. The number of esters is 1. The minimum absolute atomic E-state index is 0.129. The van der Waals surface area contributed by atoms with Crippen molar-refractivity contribution in [1.82, 2.24) is 15.3 Å². The van der Waals surface area contributed by atoms with Crippen LogP contribution in [0, 0.1) is 18.3 Å². The van der Waals surface area contributed by atoms with Crippen LogP contribution in [0.1, 0.15) is 28.7 Å². The molecule has 3 aromatic rings. The number of nitriles is 1. The van der Waals surface area contributed by atoms with Crippen LogP contribution >= 0.6 is 0 Å². The number of aliphatic hydroxyl groups excluding tert-OH is 1. The molecule has 3 N–H and O–H groups in total. The van der Waals surface area contributed by atoms with Gasteiger partial charge in [-0.1, -0.05) is 29.8 Å². The van der Waals surface area contributed by atoms with Crippen molar-refractivity contribution in [2.75, 3.05) is 6.61 Å². The molecule has 0 saturated carbocycles. The molecule has 0 fully saturated rings. The van der Waals surface area contributed by atoms with Crippen molar-refractivity contribution in [1.29, 1.82) is 5.26 Å². The zero-order valence-electron chi connectivity index (χ0n) is 16.5. The van der Waals surface area contributed by atoms with E-state index in [1.165, 1.54) is 6.92 Å². The second-order valence-corrected chi connectivity index (χ2v) is 6.71. The van der Waals surface area contributed by atoms with Gasteiger partial charge in [-0.3, -0.25) is 4.79 Å². The molecule has 30 heavy (non-hydrogen) atoms. The lowest BCUT2D eigenvalue weighted by Crippen LogP contribution is -2.39. The zero-order valence-corrected chi connectivity index (χ0v) is 16.5. The van der Waals surface area contributed by atoms with E-state index in [2.05, 4.69) is 15.3 Å². The highest BCUT2D eigenvalue weighted by Gasteiger charge is 2.20. The Kier molecular flexibility index (Phi) is 6.13. The van der Waals surface area contributed by atoms with Gasteiger partial charge in [-0.25, -0.2) is 9.78 Å². The van der Waals surface area contributed by atoms with Crippen LogP contribution in [-0.2, 0) is 9.53 Å². The molecule has 0 radical (unpaired) electrons. The minimum Gasteiger partial charge on any atom is -0.507 e. The first kappa shape index (κ1) is 20.6. The van der Waals surface area contributed by atoms with Crippen LogP contribution in [-0.4, -0.2) is 39.6 Å². The number of rotatable bonds is 6. The predicted molar refractivity (Wildman–Crippen MR) is 110 cm³/mol. The molecule has 0 aliphatic heterocycles. The maximum Gasteiger partial charge on any atom is 0.328 e. The summed E-state index contributed by atoms with van der Waals surface area (Å²) in [5.41, 5.74) is 2.56. The molecule has 0 aliphatic carbocycles. The number of ether oxygens (including phenoxy) is 1. The second kappa shape index (κ2) is 8.92. The molecule has 0 saturated heterocycles. The number of aromatic nitrogens is 2. The number of benzene rings is 2. The number of hydrogen-bond acceptors (Lipinski definition) is 6. The van der Waals surface area contributed by atoms with Gasteiger partial charge in [0.2, 0.25) is 0 Å². The normalized spacial score (nSPS) is 12.6. The molecule has 0 spiro atoms. The number of H-pyrrole nitrogens is 1. The fourth-order valence-electron chi connectivity index (χ4n) is 2.79. The van der Waals surface area contributed by atoms with Gasteiger partial charge in [-0.2, -0.15) is 5.26 Å². The highest BCUT2D eigenvalue weighted by molar-refractivity contribution is 5.96. The molecule has 1 heterocycles. The molecular formula is C22H20N4O4. The van der Waals surface area contributed by atoms with E-state index in [4.69, 9.17) is 4.74 Å². The monoisotopic (exact) mass is 404 g/mol. The van der Waals surface area contributed by atoms with Gasteiger partial charge < -0.3 is 20.1 Å². The number of aromatic amines is 1. The minimum atomic E-state index is -0.942. The third kappa shape index (κ3) is 4.64. The molecule has 2 aromatic carbocycles. The lowest BCUT2D eigenvalue weighted by atomic mass is 10.1. The van der Waals surface area contributed by atoms with Gasteiger partial charge in [-0.15, -0.1) is 0 Å². The van der Waals surface area contributed by atoms with Crippen molar-refractivity contribution in [2.24, 2.45) is 0 Å². The number of imidazole rings is 1. The van der Waals surface area contributed by atoms with Crippen molar-refractivity contribution in [3.8, 4) is 6.07 Å². The molecule has 1 amide bonds. The van der Waals surface area contributed by atoms with Gasteiger partial charge in [0.05, 0.1) is 11.0 Å². The van der Waals surface area contributed by atoms with Gasteiger partial charge >= 0.3 is 5.97 Å². The van der Waals surface area contributed by atoms with Crippen LogP contribution in [0.3, 0.4) is 0 Å². The van der Waals surface area contributed by atoms with E-state index in [-0.39, 0.29) is 11.4 Å². The predicted octanol–water partition coefficient (Wildman–Crippen LogP) is 3.03. The van der Waals surface area contributed by atoms with E-state index in [1.54, 1.807) is 36.4 Å². The average molecular weight is 404 g/mol. The number of carbonyl (C=O) groups is 2. The Morgan fingerprint density at radius 3 is 2.73 bits per heavy atom. The number of hydrogen-bond donors (Lipinski definition) is 3. The quantitative estimate of drug-likeness (QED) is 0.329. The number of para-hydroxylation sites is 2.